The lowest BCUT2D eigenvalue weighted by Gasteiger charge is -2.34. The number of hydrogen-bond donors (Lipinski definition) is 0. The Kier molecular flexibility index (Phi) is 6.94. The predicted octanol–water partition coefficient (Wildman–Crippen LogP) is 7.51. The molecule has 0 aromatic heterocycles. The molecule has 1 aliphatic heterocycles. The molecule has 1 saturated heterocycles. The van der Waals surface area contributed by atoms with E-state index >= 15 is 0 Å². The molecule has 0 saturated carbocycles. The average Bonchev–Trinajstić information content (AvgIpc) is 2.77. The summed E-state index contributed by atoms with van der Waals surface area (Å²) in [6, 6.07) is 1.89. The first kappa shape index (κ1) is 24.6. The van der Waals surface area contributed by atoms with Gasteiger partial charge in [0.2, 0.25) is 0 Å². The molecule has 1 aliphatic carbocycles. The van der Waals surface area contributed by atoms with Gasteiger partial charge in [0.25, 0.3) is 0 Å². The monoisotopic (exact) mass is 488 g/mol. The zero-order valence-electron chi connectivity index (χ0n) is 18.3. The Bertz CT molecular complexity index is 1040. The van der Waals surface area contributed by atoms with Gasteiger partial charge in [0.15, 0.2) is 17.5 Å². The third kappa shape index (κ3) is 5.09. The van der Waals surface area contributed by atoms with E-state index in [1.54, 1.807) is 0 Å². The minimum absolute atomic E-state index is 0.130. The molecule has 9 heteroatoms. The Hall–Kier alpha value is -2.55. The summed E-state index contributed by atoms with van der Waals surface area (Å²) in [5, 5.41) is 0. The third-order valence-electron chi connectivity index (χ3n) is 6.42. The van der Waals surface area contributed by atoms with Crippen molar-refractivity contribution in [3.63, 3.8) is 0 Å². The molecule has 2 aliphatic rings. The number of halogens is 7. The molecular weight excluding hydrogens is 465 g/mol. The van der Waals surface area contributed by atoms with Crippen LogP contribution in [-0.2, 0) is 10.8 Å². The van der Waals surface area contributed by atoms with Crippen LogP contribution in [0.15, 0.2) is 30.3 Å². The van der Waals surface area contributed by atoms with Gasteiger partial charge in [0.05, 0.1) is 6.10 Å². The normalized spacial score (nSPS) is 23.5. The highest BCUT2D eigenvalue weighted by atomic mass is 19.3. The highest BCUT2D eigenvalue weighted by molar-refractivity contribution is 5.67. The smallest absolute Gasteiger partial charge is 0.429 e. The SMILES string of the molecule is CC1CCC(C2CC=C(c3cc(F)c(C(F)(F)Oc4cc(F)c(F)c(F)c4)c(F)c3)CC2)OC1. The minimum atomic E-state index is -4.61. The summed E-state index contributed by atoms with van der Waals surface area (Å²) < 4.78 is 108. The van der Waals surface area contributed by atoms with Crippen molar-refractivity contribution in [3.8, 4) is 5.75 Å². The van der Waals surface area contributed by atoms with Gasteiger partial charge in [0.1, 0.15) is 22.9 Å². The molecule has 4 rings (SSSR count). The fraction of sp³-hybridized carbons (Fsp3) is 0.440. The first-order valence-corrected chi connectivity index (χ1v) is 11.1. The lowest BCUT2D eigenvalue weighted by molar-refractivity contribution is -0.189. The number of alkyl halides is 2. The zero-order chi connectivity index (χ0) is 24.6. The van der Waals surface area contributed by atoms with Crippen LogP contribution < -0.4 is 4.74 Å². The Labute approximate surface area is 192 Å². The number of allylic oxidation sites excluding steroid dienone is 2. The van der Waals surface area contributed by atoms with Crippen molar-refractivity contribution in [2.45, 2.75) is 51.2 Å². The van der Waals surface area contributed by atoms with Crippen molar-refractivity contribution in [2.75, 3.05) is 6.61 Å². The molecule has 3 atom stereocenters. The van der Waals surface area contributed by atoms with E-state index in [2.05, 4.69) is 11.7 Å². The molecule has 2 nitrogen and oxygen atoms in total. The summed E-state index contributed by atoms with van der Waals surface area (Å²) in [5.74, 6) is -8.89. The molecule has 1 fully saturated rings. The molecule has 3 unspecified atom stereocenters. The van der Waals surface area contributed by atoms with E-state index in [-0.39, 0.29) is 23.8 Å². The standard InChI is InChI=1S/C25H23F7O2/c1-13-2-7-22(33-12-13)15-5-3-14(4-6-15)16-8-18(26)23(19(27)9-16)25(31,32)34-17-10-20(28)24(30)21(29)11-17/h3,8-11,13,15,22H,2,4-7,12H2,1H3. The largest absolute Gasteiger partial charge is 0.432 e. The van der Waals surface area contributed by atoms with E-state index in [4.69, 9.17) is 4.74 Å². The predicted molar refractivity (Wildman–Crippen MR) is 111 cm³/mol. The molecule has 184 valence electrons. The molecule has 0 radical (unpaired) electrons. The summed E-state index contributed by atoms with van der Waals surface area (Å²) in [7, 11) is 0. The van der Waals surface area contributed by atoms with Crippen LogP contribution in [0, 0.1) is 40.9 Å². The van der Waals surface area contributed by atoms with E-state index in [1.165, 1.54) is 0 Å². The minimum Gasteiger partial charge on any atom is -0.429 e. The molecule has 0 N–H and O–H groups in total. The van der Waals surface area contributed by atoms with Crippen LogP contribution in [-0.4, -0.2) is 12.7 Å². The van der Waals surface area contributed by atoms with Crippen LogP contribution in [0.1, 0.15) is 50.2 Å². The second-order valence-electron chi connectivity index (χ2n) is 8.95. The number of rotatable bonds is 5. The number of benzene rings is 2. The molecule has 0 bridgehead atoms. The highest BCUT2D eigenvalue weighted by Gasteiger charge is 2.42. The number of hydrogen-bond acceptors (Lipinski definition) is 2. The lowest BCUT2D eigenvalue weighted by atomic mass is 9.80. The molecule has 0 amide bonds. The van der Waals surface area contributed by atoms with Crippen molar-refractivity contribution in [1.82, 2.24) is 0 Å². The topological polar surface area (TPSA) is 18.5 Å². The Morgan fingerprint density at radius 3 is 2.06 bits per heavy atom. The van der Waals surface area contributed by atoms with Crippen molar-refractivity contribution < 1.29 is 40.2 Å². The maximum absolute atomic E-state index is 14.6. The Balaban J connectivity index is 1.52. The second-order valence-corrected chi connectivity index (χ2v) is 8.95. The number of ether oxygens (including phenoxy) is 2. The van der Waals surface area contributed by atoms with Crippen LogP contribution in [0.4, 0.5) is 30.7 Å². The molecular formula is C25H23F7O2. The van der Waals surface area contributed by atoms with Crippen LogP contribution >= 0.6 is 0 Å². The van der Waals surface area contributed by atoms with Gasteiger partial charge in [-0.3, -0.25) is 0 Å². The summed E-state index contributed by atoms with van der Waals surface area (Å²) in [6.07, 6.45) is 1.35. The molecule has 0 spiro atoms. The second kappa shape index (κ2) is 9.60. The first-order chi connectivity index (χ1) is 16.0. The summed E-state index contributed by atoms with van der Waals surface area (Å²) in [5.41, 5.74) is -0.942. The third-order valence-corrected chi connectivity index (χ3v) is 6.42. The van der Waals surface area contributed by atoms with Crippen LogP contribution in [0.25, 0.3) is 5.57 Å². The summed E-state index contributed by atoms with van der Waals surface area (Å²) >= 11 is 0. The van der Waals surface area contributed by atoms with Gasteiger partial charge in [-0.15, -0.1) is 0 Å². The molecule has 34 heavy (non-hydrogen) atoms. The van der Waals surface area contributed by atoms with E-state index in [1.807, 2.05) is 6.08 Å². The highest BCUT2D eigenvalue weighted by Crippen LogP contribution is 2.40. The van der Waals surface area contributed by atoms with Crippen LogP contribution in [0.2, 0.25) is 0 Å². The van der Waals surface area contributed by atoms with Crippen LogP contribution in [0.5, 0.6) is 5.75 Å². The van der Waals surface area contributed by atoms with Crippen molar-refractivity contribution >= 4 is 5.57 Å². The van der Waals surface area contributed by atoms with Crippen molar-refractivity contribution in [2.24, 2.45) is 11.8 Å². The summed E-state index contributed by atoms with van der Waals surface area (Å²) in [4.78, 5) is 0. The zero-order valence-corrected chi connectivity index (χ0v) is 18.3. The fourth-order valence-electron chi connectivity index (χ4n) is 4.56. The van der Waals surface area contributed by atoms with Gasteiger partial charge in [-0.05, 0) is 67.2 Å². The van der Waals surface area contributed by atoms with E-state index in [0.29, 0.717) is 36.9 Å². The Morgan fingerprint density at radius 2 is 1.53 bits per heavy atom. The fourth-order valence-corrected chi connectivity index (χ4v) is 4.56. The van der Waals surface area contributed by atoms with Gasteiger partial charge in [-0.1, -0.05) is 13.0 Å². The van der Waals surface area contributed by atoms with Crippen molar-refractivity contribution in [1.29, 1.82) is 0 Å². The first-order valence-electron chi connectivity index (χ1n) is 11.1. The molecule has 1 heterocycles. The maximum atomic E-state index is 14.6. The van der Waals surface area contributed by atoms with Gasteiger partial charge in [0, 0.05) is 18.7 Å². The van der Waals surface area contributed by atoms with Gasteiger partial charge in [-0.2, -0.15) is 8.78 Å². The van der Waals surface area contributed by atoms with Gasteiger partial charge in [-0.25, -0.2) is 22.0 Å². The maximum Gasteiger partial charge on any atom is 0.432 e. The average molecular weight is 488 g/mol. The molecule has 2 aromatic rings. The van der Waals surface area contributed by atoms with Gasteiger partial charge < -0.3 is 9.47 Å². The quantitative estimate of drug-likeness (QED) is 0.320. The van der Waals surface area contributed by atoms with E-state index in [9.17, 15) is 30.7 Å². The van der Waals surface area contributed by atoms with Gasteiger partial charge >= 0.3 is 6.11 Å². The van der Waals surface area contributed by atoms with Crippen molar-refractivity contribution in [3.05, 3.63) is 70.6 Å². The lowest BCUT2D eigenvalue weighted by Crippen LogP contribution is -2.32. The van der Waals surface area contributed by atoms with Crippen LogP contribution in [0.3, 0.4) is 0 Å². The Morgan fingerprint density at radius 1 is 0.882 bits per heavy atom. The summed E-state index contributed by atoms with van der Waals surface area (Å²) in [6.45, 7) is 2.84. The molecule has 2 aromatic carbocycles. The van der Waals surface area contributed by atoms with E-state index < -0.39 is 46.5 Å². The van der Waals surface area contributed by atoms with E-state index in [0.717, 1.165) is 31.4 Å².